The maximum atomic E-state index is 12.4. The van der Waals surface area contributed by atoms with Crippen molar-refractivity contribution in [2.75, 3.05) is 6.61 Å². The van der Waals surface area contributed by atoms with Gasteiger partial charge in [-0.3, -0.25) is 14.6 Å². The summed E-state index contributed by atoms with van der Waals surface area (Å²) in [7, 11) is 0. The highest BCUT2D eigenvalue weighted by Gasteiger charge is 2.34. The molecule has 2 unspecified atom stereocenters. The van der Waals surface area contributed by atoms with Crippen molar-refractivity contribution in [3.8, 4) is 5.75 Å². The summed E-state index contributed by atoms with van der Waals surface area (Å²) in [6.07, 6.45) is -0.615. The minimum atomic E-state index is -2.56. The van der Waals surface area contributed by atoms with Gasteiger partial charge in [0, 0.05) is 18.3 Å². The van der Waals surface area contributed by atoms with Crippen LogP contribution in [0.3, 0.4) is 0 Å². The van der Waals surface area contributed by atoms with E-state index in [-0.39, 0.29) is 17.6 Å². The number of nitrogens with one attached hydrogen (secondary N) is 2. The minimum Gasteiger partial charge on any atom is -0.488 e. The molecule has 1 aliphatic rings. The third-order valence-corrected chi connectivity index (χ3v) is 4.29. The summed E-state index contributed by atoms with van der Waals surface area (Å²) in [4.78, 5) is 29.1. The first-order chi connectivity index (χ1) is 12.9. The van der Waals surface area contributed by atoms with Crippen LogP contribution in [-0.2, 0) is 16.0 Å². The molecule has 0 spiro atoms. The number of pyridine rings is 1. The number of carbonyl (C=O) groups is 2. The van der Waals surface area contributed by atoms with Gasteiger partial charge < -0.3 is 15.4 Å². The molecule has 1 fully saturated rings. The molecule has 1 saturated heterocycles. The number of carbonyl (C=O) groups excluding carboxylic acids is 2. The van der Waals surface area contributed by atoms with Crippen LogP contribution in [0.2, 0.25) is 0 Å². The van der Waals surface area contributed by atoms with Gasteiger partial charge in [0.25, 0.3) is 6.43 Å². The van der Waals surface area contributed by atoms with Gasteiger partial charge in [0.2, 0.25) is 11.8 Å². The molecule has 0 saturated carbocycles. The molecule has 0 bridgehead atoms. The van der Waals surface area contributed by atoms with Gasteiger partial charge in [0.1, 0.15) is 24.4 Å². The van der Waals surface area contributed by atoms with Crippen molar-refractivity contribution in [1.29, 1.82) is 0 Å². The number of amides is 2. The fourth-order valence-electron chi connectivity index (χ4n) is 2.85. The number of piperazine rings is 1. The number of benzene rings is 1. The Labute approximate surface area is 154 Å². The molecule has 1 aliphatic heterocycles. The van der Waals surface area contributed by atoms with Gasteiger partial charge in [0.15, 0.2) is 0 Å². The first-order valence-electron chi connectivity index (χ1n) is 8.46. The lowest BCUT2D eigenvalue weighted by atomic mass is 9.99. The Kier molecular flexibility index (Phi) is 5.63. The fraction of sp³-hybridized carbons (Fsp3) is 0.316. The summed E-state index contributed by atoms with van der Waals surface area (Å²) >= 11 is 0. The van der Waals surface area contributed by atoms with Gasteiger partial charge in [-0.1, -0.05) is 18.2 Å². The quantitative estimate of drug-likeness (QED) is 0.809. The van der Waals surface area contributed by atoms with Crippen LogP contribution in [0.1, 0.15) is 22.9 Å². The molecule has 2 atom stereocenters. The molecule has 3 rings (SSSR count). The average molecular weight is 375 g/mol. The smallest absolute Gasteiger partial charge is 0.272 e. The third-order valence-electron chi connectivity index (χ3n) is 4.29. The van der Waals surface area contributed by atoms with Crippen LogP contribution in [-0.4, -0.2) is 35.9 Å². The number of ether oxygens (including phenoxy) is 1. The van der Waals surface area contributed by atoms with E-state index in [9.17, 15) is 18.4 Å². The molecule has 0 aliphatic carbocycles. The van der Waals surface area contributed by atoms with Crippen LogP contribution in [0.15, 0.2) is 42.6 Å². The molecule has 27 heavy (non-hydrogen) atoms. The molecule has 2 amide bonds. The highest BCUT2D eigenvalue weighted by Crippen LogP contribution is 2.21. The predicted molar refractivity (Wildman–Crippen MR) is 93.4 cm³/mol. The van der Waals surface area contributed by atoms with Crippen molar-refractivity contribution < 1.29 is 23.1 Å². The van der Waals surface area contributed by atoms with Crippen molar-refractivity contribution in [2.24, 2.45) is 0 Å². The molecule has 142 valence electrons. The normalized spacial score (nSPS) is 19.6. The molecule has 2 heterocycles. The summed E-state index contributed by atoms with van der Waals surface area (Å²) in [6, 6.07) is 8.26. The second-order valence-electron chi connectivity index (χ2n) is 6.25. The van der Waals surface area contributed by atoms with E-state index in [2.05, 4.69) is 15.6 Å². The summed E-state index contributed by atoms with van der Waals surface area (Å²) in [5.74, 6) is -0.373. The second kappa shape index (κ2) is 8.11. The summed E-state index contributed by atoms with van der Waals surface area (Å²) in [5.41, 5.74) is 2.23. The summed E-state index contributed by atoms with van der Waals surface area (Å²) in [6.45, 7) is 1.19. The van der Waals surface area contributed by atoms with E-state index in [0.29, 0.717) is 12.0 Å². The van der Waals surface area contributed by atoms with E-state index >= 15 is 0 Å². The second-order valence-corrected chi connectivity index (χ2v) is 6.25. The zero-order valence-electron chi connectivity index (χ0n) is 14.6. The lowest BCUT2D eigenvalue weighted by molar-refractivity contribution is -0.136. The Bertz CT molecular complexity index is 827. The molecular formula is C19H19F2N3O3. The van der Waals surface area contributed by atoms with E-state index in [1.165, 1.54) is 12.1 Å². The Morgan fingerprint density at radius 2 is 1.85 bits per heavy atom. The van der Waals surface area contributed by atoms with Crippen LogP contribution in [0.25, 0.3) is 0 Å². The molecule has 2 aromatic rings. The molecule has 1 aromatic carbocycles. The monoisotopic (exact) mass is 375 g/mol. The summed E-state index contributed by atoms with van der Waals surface area (Å²) in [5, 5.41) is 5.43. The van der Waals surface area contributed by atoms with Crippen molar-refractivity contribution in [1.82, 2.24) is 15.6 Å². The topological polar surface area (TPSA) is 80.3 Å². The predicted octanol–water partition coefficient (Wildman–Crippen LogP) is 1.93. The van der Waals surface area contributed by atoms with Crippen molar-refractivity contribution in [3.63, 3.8) is 0 Å². The van der Waals surface area contributed by atoms with Crippen LogP contribution in [0.4, 0.5) is 8.78 Å². The molecule has 8 heteroatoms. The molecule has 2 N–H and O–H groups in total. The molecular weight excluding hydrogens is 356 g/mol. The maximum Gasteiger partial charge on any atom is 0.272 e. The maximum absolute atomic E-state index is 12.4. The number of hydrogen-bond donors (Lipinski definition) is 2. The van der Waals surface area contributed by atoms with Crippen LogP contribution < -0.4 is 15.4 Å². The van der Waals surface area contributed by atoms with Crippen LogP contribution >= 0.6 is 0 Å². The SMILES string of the molecule is Cc1cccnc1CC1NC(=O)C(c2ccc(OCC(F)F)cc2)NC1=O. The fourth-order valence-corrected chi connectivity index (χ4v) is 2.85. The Morgan fingerprint density at radius 3 is 2.52 bits per heavy atom. The van der Waals surface area contributed by atoms with E-state index < -0.39 is 25.1 Å². The third kappa shape index (κ3) is 4.58. The minimum absolute atomic E-state index is 0.269. The van der Waals surface area contributed by atoms with E-state index in [1.807, 2.05) is 19.1 Å². The first kappa shape index (κ1) is 18.8. The summed E-state index contributed by atoms with van der Waals surface area (Å²) < 4.78 is 29.3. The van der Waals surface area contributed by atoms with Crippen LogP contribution in [0.5, 0.6) is 5.75 Å². The molecule has 0 radical (unpaired) electrons. The van der Waals surface area contributed by atoms with Gasteiger partial charge in [-0.05, 0) is 36.2 Å². The average Bonchev–Trinajstić information content (AvgIpc) is 2.65. The van der Waals surface area contributed by atoms with E-state index in [1.54, 1.807) is 18.3 Å². The number of aromatic nitrogens is 1. The van der Waals surface area contributed by atoms with E-state index in [0.717, 1.165) is 11.3 Å². The highest BCUT2D eigenvalue weighted by molar-refractivity contribution is 5.97. The van der Waals surface area contributed by atoms with Gasteiger partial charge in [-0.2, -0.15) is 0 Å². The van der Waals surface area contributed by atoms with Gasteiger partial charge in [0.05, 0.1) is 0 Å². The molecule has 6 nitrogen and oxygen atoms in total. The lowest BCUT2D eigenvalue weighted by Gasteiger charge is -2.30. The number of rotatable bonds is 6. The Hall–Kier alpha value is -3.03. The van der Waals surface area contributed by atoms with Gasteiger partial charge >= 0.3 is 0 Å². The van der Waals surface area contributed by atoms with Crippen molar-refractivity contribution >= 4 is 11.8 Å². The Morgan fingerprint density at radius 1 is 1.11 bits per heavy atom. The zero-order valence-corrected chi connectivity index (χ0v) is 14.6. The van der Waals surface area contributed by atoms with Gasteiger partial charge in [-0.15, -0.1) is 0 Å². The van der Waals surface area contributed by atoms with E-state index in [4.69, 9.17) is 4.74 Å². The zero-order chi connectivity index (χ0) is 19.4. The first-order valence-corrected chi connectivity index (χ1v) is 8.46. The van der Waals surface area contributed by atoms with Crippen LogP contribution in [0, 0.1) is 6.92 Å². The number of hydrogen-bond acceptors (Lipinski definition) is 4. The van der Waals surface area contributed by atoms with Gasteiger partial charge in [-0.25, -0.2) is 8.78 Å². The number of nitrogens with zero attached hydrogens (tertiary/aromatic N) is 1. The number of alkyl halides is 2. The number of halogens is 2. The largest absolute Gasteiger partial charge is 0.488 e. The number of aryl methyl sites for hydroxylation is 1. The van der Waals surface area contributed by atoms with Crippen molar-refractivity contribution in [2.45, 2.75) is 31.9 Å². The van der Waals surface area contributed by atoms with Crippen molar-refractivity contribution in [3.05, 3.63) is 59.4 Å². The Balaban J connectivity index is 1.65. The highest BCUT2D eigenvalue weighted by atomic mass is 19.3. The lowest BCUT2D eigenvalue weighted by Crippen LogP contribution is -2.58. The molecule has 1 aromatic heterocycles. The standard InChI is InChI=1S/C19H19F2N3O3/c1-11-3-2-8-22-14(11)9-15-18(25)24-17(19(26)23-15)12-4-6-13(7-5-12)27-10-16(20)21/h2-8,15-17H,9-10H2,1H3,(H,23,26)(H,24,25).